The fraction of sp³-hybridized carbons (Fsp3) is 0.409. The van der Waals surface area contributed by atoms with Crippen molar-refractivity contribution in [2.24, 2.45) is 0 Å². The molecule has 2 saturated heterocycles. The fourth-order valence-electron chi connectivity index (χ4n) is 3.87. The Kier molecular flexibility index (Phi) is 5.99. The van der Waals surface area contributed by atoms with Crippen LogP contribution in [0.2, 0.25) is 0 Å². The highest BCUT2D eigenvalue weighted by atomic mass is 16.7. The first-order valence-electron chi connectivity index (χ1n) is 9.85. The first-order valence-corrected chi connectivity index (χ1v) is 9.85. The molecule has 2 atom stereocenters. The Morgan fingerprint density at radius 1 is 1.14 bits per heavy atom. The lowest BCUT2D eigenvalue weighted by atomic mass is 9.98. The van der Waals surface area contributed by atoms with Gasteiger partial charge in [-0.25, -0.2) is 4.79 Å². The molecule has 7 nitrogen and oxygen atoms in total. The maximum atomic E-state index is 12.3. The zero-order valence-corrected chi connectivity index (χ0v) is 16.1. The third kappa shape index (κ3) is 4.37. The highest BCUT2D eigenvalue weighted by Gasteiger charge is 2.38. The monoisotopic (exact) mass is 399 g/mol. The number of aliphatic hydroxyl groups excluding tert-OH is 2. The summed E-state index contributed by atoms with van der Waals surface area (Å²) in [7, 11) is 0. The first-order chi connectivity index (χ1) is 14.1. The molecule has 154 valence electrons. The van der Waals surface area contributed by atoms with Crippen LogP contribution in [-0.2, 0) is 14.2 Å². The molecular formula is C22H25NO6. The Balaban J connectivity index is 1.46. The van der Waals surface area contributed by atoms with Crippen LogP contribution in [0.3, 0.4) is 0 Å². The zero-order valence-electron chi connectivity index (χ0n) is 16.1. The van der Waals surface area contributed by atoms with Crippen LogP contribution < -0.4 is 0 Å². The smallest absolute Gasteiger partial charge is 0.412 e. The normalized spacial score (nSPS) is 23.9. The number of hydrogen-bond donors (Lipinski definition) is 2. The highest BCUT2D eigenvalue weighted by molar-refractivity contribution is 5.70. The van der Waals surface area contributed by atoms with E-state index in [1.54, 1.807) is 12.2 Å². The molecule has 1 aromatic rings. The molecule has 1 aliphatic carbocycles. The molecule has 1 amide bonds. The van der Waals surface area contributed by atoms with Gasteiger partial charge in [-0.1, -0.05) is 36.4 Å². The Bertz CT molecular complexity index is 825. The van der Waals surface area contributed by atoms with Crippen LogP contribution in [0.15, 0.2) is 65.5 Å². The number of benzene rings is 1. The van der Waals surface area contributed by atoms with Gasteiger partial charge in [0, 0.05) is 5.57 Å². The molecule has 2 N–H and O–H groups in total. The average molecular weight is 399 g/mol. The summed E-state index contributed by atoms with van der Waals surface area (Å²) >= 11 is 0. The molecular weight excluding hydrogens is 374 g/mol. The van der Waals surface area contributed by atoms with E-state index in [-0.39, 0.29) is 18.4 Å². The number of cyclic esters (lactones) is 1. The van der Waals surface area contributed by atoms with E-state index >= 15 is 0 Å². The lowest BCUT2D eigenvalue weighted by molar-refractivity contribution is -0.0109. The summed E-state index contributed by atoms with van der Waals surface area (Å²) in [5, 5.41) is 20.8. The van der Waals surface area contributed by atoms with Crippen LogP contribution >= 0.6 is 0 Å². The number of hydrogen-bond acceptors (Lipinski definition) is 6. The van der Waals surface area contributed by atoms with E-state index in [1.807, 2.05) is 36.4 Å². The van der Waals surface area contributed by atoms with Crippen LogP contribution in [0.25, 0.3) is 0 Å². The summed E-state index contributed by atoms with van der Waals surface area (Å²) in [6.45, 7) is 1.22. The van der Waals surface area contributed by atoms with E-state index in [1.165, 1.54) is 4.90 Å². The number of amides is 1. The van der Waals surface area contributed by atoms with Gasteiger partial charge in [0.1, 0.15) is 18.6 Å². The molecule has 0 spiro atoms. The maximum absolute atomic E-state index is 12.3. The van der Waals surface area contributed by atoms with Crippen molar-refractivity contribution in [3.8, 4) is 0 Å². The van der Waals surface area contributed by atoms with Gasteiger partial charge in [-0.2, -0.15) is 0 Å². The van der Waals surface area contributed by atoms with Crippen LogP contribution in [0.1, 0.15) is 30.9 Å². The van der Waals surface area contributed by atoms with Crippen molar-refractivity contribution in [3.05, 3.63) is 71.0 Å². The molecule has 2 fully saturated rings. The van der Waals surface area contributed by atoms with Crippen molar-refractivity contribution in [1.82, 2.24) is 4.90 Å². The summed E-state index contributed by atoms with van der Waals surface area (Å²) in [6, 6.07) is 9.23. The third-order valence-electron chi connectivity index (χ3n) is 5.33. The number of ether oxygens (including phenoxy) is 3. The van der Waals surface area contributed by atoms with Gasteiger partial charge in [-0.05, 0) is 42.6 Å². The molecule has 1 aromatic carbocycles. The number of allylic oxidation sites excluding steroid dienone is 3. The summed E-state index contributed by atoms with van der Waals surface area (Å²) in [5.41, 5.74) is 2.61. The molecule has 29 heavy (non-hydrogen) atoms. The van der Waals surface area contributed by atoms with Crippen LogP contribution in [0.4, 0.5) is 4.79 Å². The Hall–Kier alpha value is -2.61. The second-order valence-electron chi connectivity index (χ2n) is 7.20. The van der Waals surface area contributed by atoms with E-state index in [4.69, 9.17) is 14.2 Å². The van der Waals surface area contributed by atoms with Gasteiger partial charge in [0.25, 0.3) is 0 Å². The topological polar surface area (TPSA) is 88.5 Å². The summed E-state index contributed by atoms with van der Waals surface area (Å²) in [4.78, 5) is 13.7. The largest absolute Gasteiger partial charge is 0.508 e. The molecule has 0 bridgehead atoms. The maximum Gasteiger partial charge on any atom is 0.412 e. The van der Waals surface area contributed by atoms with Gasteiger partial charge in [-0.3, -0.25) is 4.90 Å². The van der Waals surface area contributed by atoms with Crippen LogP contribution in [-0.4, -0.2) is 53.5 Å². The van der Waals surface area contributed by atoms with Gasteiger partial charge >= 0.3 is 6.09 Å². The summed E-state index contributed by atoms with van der Waals surface area (Å²) in [5.74, 6) is 0.165. The van der Waals surface area contributed by atoms with Crippen molar-refractivity contribution in [3.63, 3.8) is 0 Å². The number of carbonyl (C=O) groups excluding carboxylic acids is 1. The lowest BCUT2D eigenvalue weighted by Crippen LogP contribution is -2.38. The summed E-state index contributed by atoms with van der Waals surface area (Å²) in [6.07, 6.45) is 4.72. The lowest BCUT2D eigenvalue weighted by Gasteiger charge is -2.27. The minimum Gasteiger partial charge on any atom is -0.508 e. The fourth-order valence-corrected chi connectivity index (χ4v) is 3.87. The van der Waals surface area contributed by atoms with Crippen molar-refractivity contribution < 1.29 is 29.2 Å². The predicted molar refractivity (Wildman–Crippen MR) is 105 cm³/mol. The van der Waals surface area contributed by atoms with Gasteiger partial charge in [0.15, 0.2) is 6.29 Å². The van der Waals surface area contributed by atoms with Crippen molar-refractivity contribution in [1.29, 1.82) is 0 Å². The molecule has 4 rings (SSSR count). The van der Waals surface area contributed by atoms with E-state index in [9.17, 15) is 15.0 Å². The van der Waals surface area contributed by atoms with Gasteiger partial charge in [0.05, 0.1) is 19.3 Å². The Morgan fingerprint density at radius 3 is 2.66 bits per heavy atom. The van der Waals surface area contributed by atoms with Crippen molar-refractivity contribution in [2.45, 2.75) is 37.8 Å². The molecule has 2 heterocycles. The summed E-state index contributed by atoms with van der Waals surface area (Å²) < 4.78 is 16.4. The van der Waals surface area contributed by atoms with Crippen LogP contribution in [0.5, 0.6) is 0 Å². The SMILES string of the molecule is O=C1OCC(c2ccccc2)N1C(O)CCC1=CCC=C(O)C=C1C1OCCO1. The molecule has 7 heteroatoms. The predicted octanol–water partition coefficient (Wildman–Crippen LogP) is 3.35. The molecule has 0 saturated carbocycles. The van der Waals surface area contributed by atoms with E-state index in [0.717, 1.165) is 16.7 Å². The van der Waals surface area contributed by atoms with Gasteiger partial charge < -0.3 is 24.4 Å². The molecule has 0 aromatic heterocycles. The highest BCUT2D eigenvalue weighted by Crippen LogP contribution is 2.33. The zero-order chi connectivity index (χ0) is 20.2. The molecule has 2 aliphatic heterocycles. The third-order valence-corrected chi connectivity index (χ3v) is 5.33. The van der Waals surface area contributed by atoms with E-state index in [0.29, 0.717) is 32.5 Å². The molecule has 3 aliphatic rings. The minimum atomic E-state index is -0.993. The van der Waals surface area contributed by atoms with E-state index < -0.39 is 18.6 Å². The Morgan fingerprint density at radius 2 is 1.90 bits per heavy atom. The van der Waals surface area contributed by atoms with Crippen molar-refractivity contribution >= 4 is 6.09 Å². The minimum absolute atomic E-state index is 0.165. The molecule has 0 radical (unpaired) electrons. The Labute approximate surface area is 169 Å². The van der Waals surface area contributed by atoms with E-state index in [2.05, 4.69) is 0 Å². The second kappa shape index (κ2) is 8.82. The second-order valence-corrected chi connectivity index (χ2v) is 7.20. The number of rotatable bonds is 6. The van der Waals surface area contributed by atoms with Crippen molar-refractivity contribution in [2.75, 3.05) is 19.8 Å². The number of nitrogens with zero attached hydrogens (tertiary/aromatic N) is 1. The first kappa shape index (κ1) is 19.7. The van der Waals surface area contributed by atoms with Gasteiger partial charge in [-0.15, -0.1) is 0 Å². The molecule has 2 unspecified atom stereocenters. The quantitative estimate of drug-likeness (QED) is 0.763. The standard InChI is InChI=1S/C22H25NO6/c24-17-8-4-7-15(18(13-17)21-27-11-12-28-21)9-10-20(25)23-19(14-29-22(23)26)16-5-2-1-3-6-16/h1-3,5-8,13,19-21,24-25H,4,9-12,14H2. The van der Waals surface area contributed by atoms with Gasteiger partial charge in [0.2, 0.25) is 0 Å². The number of carbonyl (C=O) groups is 1. The number of aliphatic hydroxyl groups is 2. The average Bonchev–Trinajstić information content (AvgIpc) is 3.35. The van der Waals surface area contributed by atoms with Crippen LogP contribution in [0, 0.1) is 0 Å².